The van der Waals surface area contributed by atoms with E-state index in [9.17, 15) is 23.7 Å². The summed E-state index contributed by atoms with van der Waals surface area (Å²) in [7, 11) is 0. The highest BCUT2D eigenvalue weighted by Gasteiger charge is 2.18. The van der Waals surface area contributed by atoms with Crippen LogP contribution < -0.4 is 0 Å². The topological polar surface area (TPSA) is 73.1 Å². The van der Waals surface area contributed by atoms with Gasteiger partial charge in [0.15, 0.2) is 6.29 Å². The fraction of sp³-hybridized carbons (Fsp3) is 0.143. The molecule has 0 aliphatic heterocycles. The largest absolute Gasteiger partial charge is 0.364 e. The number of aromatic nitrogens is 1. The van der Waals surface area contributed by atoms with Gasteiger partial charge in [0.1, 0.15) is 6.20 Å². The maximum absolute atomic E-state index is 12.2. The van der Waals surface area contributed by atoms with Gasteiger partial charge in [-0.15, -0.1) is 0 Å². The van der Waals surface area contributed by atoms with Crippen LogP contribution in [0.4, 0.5) is 14.6 Å². The third kappa shape index (κ3) is 1.87. The van der Waals surface area contributed by atoms with E-state index in [-0.39, 0.29) is 6.29 Å². The number of nitro groups is 1. The number of carbonyl (C=O) groups excluding carboxylic acids is 1. The molecule has 0 atom stereocenters. The van der Waals surface area contributed by atoms with E-state index in [4.69, 9.17) is 0 Å². The molecule has 0 unspecified atom stereocenters. The molecule has 1 aromatic heterocycles. The smallest absolute Gasteiger partial charge is 0.358 e. The second kappa shape index (κ2) is 3.86. The van der Waals surface area contributed by atoms with Gasteiger partial charge < -0.3 is 10.1 Å². The van der Waals surface area contributed by atoms with Crippen LogP contribution in [-0.2, 0) is 0 Å². The van der Waals surface area contributed by atoms with Crippen molar-refractivity contribution >= 4 is 12.1 Å². The van der Waals surface area contributed by atoms with Gasteiger partial charge in [-0.1, -0.05) is 0 Å². The molecule has 14 heavy (non-hydrogen) atoms. The molecule has 0 saturated heterocycles. The summed E-state index contributed by atoms with van der Waals surface area (Å²) in [5.74, 6) is -0.628. The number of hydrogen-bond acceptors (Lipinski definition) is 4. The lowest BCUT2D eigenvalue weighted by molar-refractivity contribution is -0.389. The van der Waals surface area contributed by atoms with E-state index in [0.29, 0.717) is 12.3 Å². The van der Waals surface area contributed by atoms with E-state index in [0.717, 1.165) is 0 Å². The first kappa shape index (κ1) is 10.2. The van der Waals surface area contributed by atoms with Crippen molar-refractivity contribution in [2.24, 2.45) is 0 Å². The Bertz CT molecular complexity index is 381. The number of halogens is 2. The van der Waals surface area contributed by atoms with E-state index in [1.165, 1.54) is 0 Å². The van der Waals surface area contributed by atoms with E-state index < -0.39 is 28.3 Å². The van der Waals surface area contributed by atoms with E-state index in [1.54, 1.807) is 0 Å². The van der Waals surface area contributed by atoms with Crippen LogP contribution in [-0.4, -0.2) is 16.2 Å². The van der Waals surface area contributed by atoms with Gasteiger partial charge in [-0.2, -0.15) is 0 Å². The molecule has 1 aromatic rings. The molecule has 0 N–H and O–H groups in total. The van der Waals surface area contributed by atoms with Crippen LogP contribution in [0, 0.1) is 10.1 Å². The van der Waals surface area contributed by atoms with Crippen molar-refractivity contribution in [3.63, 3.8) is 0 Å². The molecule has 0 aliphatic carbocycles. The van der Waals surface area contributed by atoms with Crippen molar-refractivity contribution in [2.75, 3.05) is 0 Å². The standard InChI is InChI=1S/C7H4F2N2O3/c8-7(9)5-2-10-6(11(13)14)1-4(5)3-12/h1-3,7H. The molecule has 1 heterocycles. The molecular weight excluding hydrogens is 198 g/mol. The van der Waals surface area contributed by atoms with Gasteiger partial charge in [-0.05, 0) is 9.91 Å². The van der Waals surface area contributed by atoms with Crippen molar-refractivity contribution in [2.45, 2.75) is 6.43 Å². The van der Waals surface area contributed by atoms with Crippen molar-refractivity contribution in [1.82, 2.24) is 4.98 Å². The highest BCUT2D eigenvalue weighted by atomic mass is 19.3. The first-order valence-electron chi connectivity index (χ1n) is 3.44. The van der Waals surface area contributed by atoms with Crippen LogP contribution in [0.2, 0.25) is 0 Å². The lowest BCUT2D eigenvalue weighted by atomic mass is 10.1. The SMILES string of the molecule is O=Cc1cc([N+](=O)[O-])ncc1C(F)F. The Morgan fingerprint density at radius 1 is 1.57 bits per heavy atom. The van der Waals surface area contributed by atoms with Crippen LogP contribution >= 0.6 is 0 Å². The molecule has 0 aromatic carbocycles. The second-order valence-corrected chi connectivity index (χ2v) is 2.35. The number of pyridine rings is 1. The van der Waals surface area contributed by atoms with Crippen molar-refractivity contribution < 1.29 is 18.5 Å². The fourth-order valence-corrected chi connectivity index (χ4v) is 0.854. The first-order valence-corrected chi connectivity index (χ1v) is 3.44. The molecule has 0 saturated carbocycles. The minimum Gasteiger partial charge on any atom is -0.358 e. The van der Waals surface area contributed by atoms with Gasteiger partial charge in [-0.25, -0.2) is 8.78 Å². The summed E-state index contributed by atoms with van der Waals surface area (Å²) in [6, 6.07) is 0.717. The Balaban J connectivity index is 3.25. The van der Waals surface area contributed by atoms with Gasteiger partial charge in [0, 0.05) is 11.6 Å². The number of rotatable bonds is 3. The third-order valence-corrected chi connectivity index (χ3v) is 1.50. The molecular formula is C7H4F2N2O3. The zero-order valence-corrected chi connectivity index (χ0v) is 6.68. The maximum Gasteiger partial charge on any atom is 0.364 e. The number of carbonyl (C=O) groups is 1. The van der Waals surface area contributed by atoms with E-state index in [1.807, 2.05) is 0 Å². The monoisotopic (exact) mass is 202 g/mol. The molecule has 0 spiro atoms. The van der Waals surface area contributed by atoms with Crippen molar-refractivity contribution in [1.29, 1.82) is 0 Å². The molecule has 1 rings (SSSR count). The quantitative estimate of drug-likeness (QED) is 0.425. The lowest BCUT2D eigenvalue weighted by Crippen LogP contribution is -1.99. The molecule has 7 heteroatoms. The Kier molecular flexibility index (Phi) is 2.80. The minimum atomic E-state index is -2.87. The molecule has 0 bridgehead atoms. The highest BCUT2D eigenvalue weighted by molar-refractivity contribution is 5.78. The predicted molar refractivity (Wildman–Crippen MR) is 41.2 cm³/mol. The molecule has 0 aliphatic rings. The van der Waals surface area contributed by atoms with Crippen LogP contribution in [0.3, 0.4) is 0 Å². The summed E-state index contributed by atoms with van der Waals surface area (Å²) < 4.78 is 24.4. The summed E-state index contributed by atoms with van der Waals surface area (Å²) in [6.07, 6.45) is -2.11. The van der Waals surface area contributed by atoms with Crippen LogP contribution in [0.15, 0.2) is 12.3 Å². The van der Waals surface area contributed by atoms with Crippen LogP contribution in [0.5, 0.6) is 0 Å². The number of hydrogen-bond donors (Lipinski definition) is 0. The molecule has 74 valence electrons. The minimum absolute atomic E-state index is 0.135. The molecule has 0 radical (unpaired) electrons. The maximum atomic E-state index is 12.2. The fourth-order valence-electron chi connectivity index (χ4n) is 0.854. The molecule has 0 amide bonds. The number of aldehydes is 1. The Hall–Kier alpha value is -1.92. The summed E-state index contributed by atoms with van der Waals surface area (Å²) in [4.78, 5) is 22.8. The zero-order valence-electron chi connectivity index (χ0n) is 6.68. The van der Waals surface area contributed by atoms with Crippen LogP contribution in [0.1, 0.15) is 22.3 Å². The summed E-state index contributed by atoms with van der Waals surface area (Å²) in [5, 5.41) is 10.2. The van der Waals surface area contributed by atoms with E-state index in [2.05, 4.69) is 4.98 Å². The summed E-state index contributed by atoms with van der Waals surface area (Å²) >= 11 is 0. The highest BCUT2D eigenvalue weighted by Crippen LogP contribution is 2.23. The molecule has 0 fully saturated rings. The Labute approximate surface area is 76.5 Å². The second-order valence-electron chi connectivity index (χ2n) is 2.35. The van der Waals surface area contributed by atoms with Gasteiger partial charge in [0.05, 0.1) is 5.56 Å². The molecule has 5 nitrogen and oxygen atoms in total. The lowest BCUT2D eigenvalue weighted by Gasteiger charge is -1.99. The number of alkyl halides is 2. The average Bonchev–Trinajstić information content (AvgIpc) is 2.16. The average molecular weight is 202 g/mol. The van der Waals surface area contributed by atoms with Gasteiger partial charge >= 0.3 is 5.82 Å². The van der Waals surface area contributed by atoms with Gasteiger partial charge in [0.2, 0.25) is 0 Å². The van der Waals surface area contributed by atoms with Crippen molar-refractivity contribution in [3.05, 3.63) is 33.5 Å². The zero-order chi connectivity index (χ0) is 10.7. The number of nitrogens with zero attached hydrogens (tertiary/aromatic N) is 2. The van der Waals surface area contributed by atoms with Crippen LogP contribution in [0.25, 0.3) is 0 Å². The Morgan fingerprint density at radius 2 is 2.21 bits per heavy atom. The first-order chi connectivity index (χ1) is 6.56. The summed E-state index contributed by atoms with van der Waals surface area (Å²) in [6.45, 7) is 0. The van der Waals surface area contributed by atoms with Gasteiger partial charge in [-0.3, -0.25) is 4.79 Å². The van der Waals surface area contributed by atoms with E-state index >= 15 is 0 Å². The van der Waals surface area contributed by atoms with Gasteiger partial charge in [0.25, 0.3) is 6.43 Å². The predicted octanol–water partition coefficient (Wildman–Crippen LogP) is 1.74. The Morgan fingerprint density at radius 3 is 2.64 bits per heavy atom. The third-order valence-electron chi connectivity index (χ3n) is 1.50. The van der Waals surface area contributed by atoms with Crippen molar-refractivity contribution in [3.8, 4) is 0 Å². The summed E-state index contributed by atoms with van der Waals surface area (Å²) in [5.41, 5.74) is -1.02. The normalized spacial score (nSPS) is 10.2.